The summed E-state index contributed by atoms with van der Waals surface area (Å²) in [7, 11) is -3.47. The fraction of sp³-hybridized carbons (Fsp3) is 0.400. The molecule has 6 nitrogen and oxygen atoms in total. The van der Waals surface area contributed by atoms with Gasteiger partial charge in [0.1, 0.15) is 4.90 Å². The standard InChI is InChI=1S/C20H25N3O3S2/c1-16-5-7-17(8-6-16)13-21-19(24)15-27-20-10-9-18(14-22-20)28(25,26)23-11-3-2-4-12-23/h5-10,14H,2-4,11-13,15H2,1H3,(H,21,24). The van der Waals surface area contributed by atoms with Crippen molar-refractivity contribution in [1.29, 1.82) is 0 Å². The molecule has 2 heterocycles. The molecule has 1 aliphatic heterocycles. The molecule has 1 aliphatic rings. The lowest BCUT2D eigenvalue weighted by Gasteiger charge is -2.25. The van der Waals surface area contributed by atoms with Crippen molar-refractivity contribution < 1.29 is 13.2 Å². The Morgan fingerprint density at radius 3 is 2.46 bits per heavy atom. The number of carbonyl (C=O) groups excluding carboxylic acids is 1. The van der Waals surface area contributed by atoms with Crippen LogP contribution in [0.15, 0.2) is 52.5 Å². The molecule has 1 fully saturated rings. The van der Waals surface area contributed by atoms with E-state index in [1.165, 1.54) is 27.8 Å². The molecular weight excluding hydrogens is 394 g/mol. The molecule has 8 heteroatoms. The van der Waals surface area contributed by atoms with Gasteiger partial charge in [-0.15, -0.1) is 0 Å². The van der Waals surface area contributed by atoms with Crippen LogP contribution in [0.5, 0.6) is 0 Å². The van der Waals surface area contributed by atoms with E-state index in [9.17, 15) is 13.2 Å². The summed E-state index contributed by atoms with van der Waals surface area (Å²) in [5, 5.41) is 3.51. The van der Waals surface area contributed by atoms with E-state index in [4.69, 9.17) is 0 Å². The number of piperidine rings is 1. The lowest BCUT2D eigenvalue weighted by Crippen LogP contribution is -2.35. The van der Waals surface area contributed by atoms with Crippen LogP contribution in [0.2, 0.25) is 0 Å². The molecule has 1 N–H and O–H groups in total. The van der Waals surface area contributed by atoms with Crippen molar-refractivity contribution in [2.45, 2.75) is 42.7 Å². The highest BCUT2D eigenvalue weighted by molar-refractivity contribution is 7.99. The van der Waals surface area contributed by atoms with Crippen LogP contribution >= 0.6 is 11.8 Å². The highest BCUT2D eigenvalue weighted by Gasteiger charge is 2.26. The molecule has 28 heavy (non-hydrogen) atoms. The zero-order valence-corrected chi connectivity index (χ0v) is 17.6. The molecule has 0 bridgehead atoms. The van der Waals surface area contributed by atoms with Crippen LogP contribution in [-0.4, -0.2) is 42.5 Å². The predicted octanol–water partition coefficient (Wildman–Crippen LogP) is 2.97. The first kappa shape index (κ1) is 20.8. The minimum Gasteiger partial charge on any atom is -0.351 e. The number of amides is 1. The number of pyridine rings is 1. The van der Waals surface area contributed by atoms with Crippen molar-refractivity contribution >= 4 is 27.7 Å². The lowest BCUT2D eigenvalue weighted by molar-refractivity contribution is -0.118. The summed E-state index contributed by atoms with van der Waals surface area (Å²) in [5.74, 6) is 0.147. The second-order valence-corrected chi connectivity index (χ2v) is 9.78. The summed E-state index contributed by atoms with van der Waals surface area (Å²) in [6.07, 6.45) is 4.26. The Hall–Kier alpha value is -1.90. The normalized spacial score (nSPS) is 15.3. The van der Waals surface area contributed by atoms with E-state index in [1.807, 2.05) is 31.2 Å². The number of rotatable bonds is 7. The number of hydrogen-bond donors (Lipinski definition) is 1. The maximum atomic E-state index is 12.6. The van der Waals surface area contributed by atoms with Gasteiger partial charge in [0.25, 0.3) is 0 Å². The van der Waals surface area contributed by atoms with Crippen LogP contribution in [0, 0.1) is 6.92 Å². The Kier molecular flexibility index (Phi) is 7.09. The number of thioether (sulfide) groups is 1. The molecule has 1 amide bonds. The molecule has 2 aromatic rings. The van der Waals surface area contributed by atoms with E-state index < -0.39 is 10.0 Å². The second kappa shape index (κ2) is 9.54. The van der Waals surface area contributed by atoms with E-state index in [1.54, 1.807) is 12.1 Å². The van der Waals surface area contributed by atoms with E-state index in [-0.39, 0.29) is 16.6 Å². The zero-order chi connectivity index (χ0) is 20.0. The van der Waals surface area contributed by atoms with Crippen molar-refractivity contribution in [3.8, 4) is 0 Å². The quantitative estimate of drug-likeness (QED) is 0.698. The Morgan fingerprint density at radius 2 is 1.82 bits per heavy atom. The maximum Gasteiger partial charge on any atom is 0.244 e. The second-order valence-electron chi connectivity index (χ2n) is 6.85. The number of nitrogens with zero attached hydrogens (tertiary/aromatic N) is 2. The van der Waals surface area contributed by atoms with Crippen LogP contribution in [0.3, 0.4) is 0 Å². The number of hydrogen-bond acceptors (Lipinski definition) is 5. The van der Waals surface area contributed by atoms with Gasteiger partial charge in [0.05, 0.1) is 10.8 Å². The van der Waals surface area contributed by atoms with Crippen molar-refractivity contribution in [3.63, 3.8) is 0 Å². The van der Waals surface area contributed by atoms with E-state index in [0.717, 1.165) is 24.8 Å². The van der Waals surface area contributed by atoms with Crippen molar-refractivity contribution in [3.05, 3.63) is 53.7 Å². The van der Waals surface area contributed by atoms with Gasteiger partial charge in [0, 0.05) is 25.8 Å². The fourth-order valence-corrected chi connectivity index (χ4v) is 5.09. The van der Waals surface area contributed by atoms with E-state index in [2.05, 4.69) is 10.3 Å². The fourth-order valence-electron chi connectivity index (χ4n) is 2.96. The topological polar surface area (TPSA) is 79.4 Å². The molecule has 3 rings (SSSR count). The molecule has 150 valence electrons. The molecule has 1 aromatic heterocycles. The van der Waals surface area contributed by atoms with Crippen LogP contribution in [0.1, 0.15) is 30.4 Å². The zero-order valence-electron chi connectivity index (χ0n) is 15.9. The number of benzene rings is 1. The summed E-state index contributed by atoms with van der Waals surface area (Å²) in [6.45, 7) is 3.65. The van der Waals surface area contributed by atoms with Gasteiger partial charge in [-0.25, -0.2) is 13.4 Å². The van der Waals surface area contributed by atoms with Gasteiger partial charge >= 0.3 is 0 Å². The van der Waals surface area contributed by atoms with Gasteiger partial charge in [-0.1, -0.05) is 48.0 Å². The number of aryl methyl sites for hydroxylation is 1. The van der Waals surface area contributed by atoms with Crippen molar-refractivity contribution in [1.82, 2.24) is 14.6 Å². The van der Waals surface area contributed by atoms with Crippen LogP contribution in [0.25, 0.3) is 0 Å². The Labute approximate surface area is 170 Å². The third-order valence-corrected chi connectivity index (χ3v) is 7.45. The first-order valence-electron chi connectivity index (χ1n) is 9.36. The molecule has 0 spiro atoms. The van der Waals surface area contributed by atoms with Crippen molar-refractivity contribution in [2.24, 2.45) is 0 Å². The third-order valence-electron chi connectivity index (χ3n) is 4.62. The third kappa shape index (κ3) is 5.56. The van der Waals surface area contributed by atoms with Gasteiger partial charge in [0.15, 0.2) is 0 Å². The largest absolute Gasteiger partial charge is 0.351 e. The summed E-state index contributed by atoms with van der Waals surface area (Å²) in [4.78, 5) is 16.5. The first-order valence-corrected chi connectivity index (χ1v) is 11.8. The van der Waals surface area contributed by atoms with Crippen LogP contribution in [-0.2, 0) is 21.4 Å². The summed E-state index contributed by atoms with van der Waals surface area (Å²) >= 11 is 1.29. The molecule has 1 aromatic carbocycles. The minimum absolute atomic E-state index is 0.0858. The molecule has 0 radical (unpaired) electrons. The highest BCUT2D eigenvalue weighted by atomic mass is 32.2. The minimum atomic E-state index is -3.47. The van der Waals surface area contributed by atoms with Gasteiger partial charge in [-0.3, -0.25) is 4.79 Å². The SMILES string of the molecule is Cc1ccc(CNC(=O)CSc2ccc(S(=O)(=O)N3CCCCC3)cn2)cc1. The Balaban J connectivity index is 1.49. The summed E-state index contributed by atoms with van der Waals surface area (Å²) < 4.78 is 26.8. The Bertz CT molecular complexity index is 891. The highest BCUT2D eigenvalue weighted by Crippen LogP contribution is 2.22. The smallest absolute Gasteiger partial charge is 0.244 e. The average Bonchev–Trinajstić information content (AvgIpc) is 2.73. The molecule has 0 unspecified atom stereocenters. The molecule has 0 atom stereocenters. The lowest BCUT2D eigenvalue weighted by atomic mass is 10.1. The van der Waals surface area contributed by atoms with Gasteiger partial charge < -0.3 is 5.32 Å². The van der Waals surface area contributed by atoms with Crippen LogP contribution < -0.4 is 5.32 Å². The molecule has 1 saturated heterocycles. The van der Waals surface area contributed by atoms with Gasteiger partial charge in [-0.2, -0.15) is 4.31 Å². The summed E-state index contributed by atoms with van der Waals surface area (Å²) in [5.41, 5.74) is 2.23. The Morgan fingerprint density at radius 1 is 1.11 bits per heavy atom. The maximum absolute atomic E-state index is 12.6. The van der Waals surface area contributed by atoms with Crippen LogP contribution in [0.4, 0.5) is 0 Å². The van der Waals surface area contributed by atoms with E-state index in [0.29, 0.717) is 24.7 Å². The average molecular weight is 420 g/mol. The number of sulfonamides is 1. The van der Waals surface area contributed by atoms with Crippen molar-refractivity contribution in [2.75, 3.05) is 18.8 Å². The molecular formula is C20H25N3O3S2. The number of carbonyl (C=O) groups is 1. The molecule has 0 aliphatic carbocycles. The van der Waals surface area contributed by atoms with E-state index >= 15 is 0 Å². The first-order chi connectivity index (χ1) is 13.4. The summed E-state index contributed by atoms with van der Waals surface area (Å²) in [6, 6.07) is 11.2. The predicted molar refractivity (Wildman–Crippen MR) is 111 cm³/mol. The van der Waals surface area contributed by atoms with Gasteiger partial charge in [-0.05, 0) is 37.5 Å². The molecule has 0 saturated carbocycles. The number of nitrogens with one attached hydrogen (secondary N) is 1. The monoisotopic (exact) mass is 419 g/mol. The van der Waals surface area contributed by atoms with Gasteiger partial charge in [0.2, 0.25) is 15.9 Å². The number of aromatic nitrogens is 1.